The van der Waals surface area contributed by atoms with Crippen LogP contribution >= 0.6 is 12.6 Å². The van der Waals surface area contributed by atoms with Crippen molar-refractivity contribution in [1.82, 2.24) is 19.3 Å². The minimum atomic E-state index is 0.665. The number of nitrogens with zero attached hydrogens (tertiary/aromatic N) is 4. The molecule has 0 radical (unpaired) electrons. The molecule has 0 bridgehead atoms. The zero-order chi connectivity index (χ0) is 8.55. The fourth-order valence-corrected chi connectivity index (χ4v) is 1.31. The molecule has 0 aliphatic heterocycles. The Morgan fingerprint density at radius 3 is 2.75 bits per heavy atom. The third-order valence-electron chi connectivity index (χ3n) is 1.66. The van der Waals surface area contributed by atoms with Crippen molar-refractivity contribution in [1.29, 1.82) is 0 Å². The van der Waals surface area contributed by atoms with Crippen LogP contribution in [-0.4, -0.2) is 19.3 Å². The van der Waals surface area contributed by atoms with E-state index in [0.717, 1.165) is 5.82 Å². The zero-order valence-corrected chi connectivity index (χ0v) is 7.44. The van der Waals surface area contributed by atoms with Crippen LogP contribution in [0.1, 0.15) is 0 Å². The Hall–Kier alpha value is -1.23. The second-order valence-electron chi connectivity index (χ2n) is 2.41. The molecule has 0 aliphatic carbocycles. The van der Waals surface area contributed by atoms with Gasteiger partial charge in [-0.2, -0.15) is 5.10 Å². The molecule has 0 aromatic carbocycles. The molecule has 0 amide bonds. The van der Waals surface area contributed by atoms with Crippen LogP contribution in [0.25, 0.3) is 5.82 Å². The molecule has 0 saturated heterocycles. The molecular weight excluding hydrogens is 172 g/mol. The lowest BCUT2D eigenvalue weighted by Crippen LogP contribution is -2.01. The van der Waals surface area contributed by atoms with Crippen LogP contribution in [0, 0.1) is 0 Å². The molecule has 0 N–H and O–H groups in total. The third kappa shape index (κ3) is 1.02. The van der Waals surface area contributed by atoms with Crippen molar-refractivity contribution in [3.8, 4) is 5.82 Å². The highest BCUT2D eigenvalue weighted by Crippen LogP contribution is 2.10. The molecule has 0 atom stereocenters. The second kappa shape index (κ2) is 2.67. The van der Waals surface area contributed by atoms with Gasteiger partial charge in [0.25, 0.3) is 0 Å². The molecule has 12 heavy (non-hydrogen) atoms. The van der Waals surface area contributed by atoms with Crippen molar-refractivity contribution >= 4 is 12.6 Å². The van der Waals surface area contributed by atoms with Crippen LogP contribution in [0.2, 0.25) is 0 Å². The van der Waals surface area contributed by atoms with Crippen LogP contribution < -0.4 is 0 Å². The molecular formula is C7H8N4S. The quantitative estimate of drug-likeness (QED) is 0.662. The molecule has 0 aliphatic rings. The molecule has 62 valence electrons. The van der Waals surface area contributed by atoms with Crippen molar-refractivity contribution < 1.29 is 0 Å². The number of hydrogen-bond acceptors (Lipinski definition) is 3. The molecule has 2 aromatic rings. The van der Waals surface area contributed by atoms with E-state index < -0.39 is 0 Å². The molecule has 0 saturated carbocycles. The lowest BCUT2D eigenvalue weighted by atomic mass is 10.6. The van der Waals surface area contributed by atoms with Crippen molar-refractivity contribution in [3.63, 3.8) is 0 Å². The monoisotopic (exact) mass is 180 g/mol. The zero-order valence-electron chi connectivity index (χ0n) is 6.55. The predicted molar refractivity (Wildman–Crippen MR) is 47.6 cm³/mol. The lowest BCUT2D eigenvalue weighted by molar-refractivity contribution is 0.708. The van der Waals surface area contributed by atoms with E-state index in [9.17, 15) is 0 Å². The molecule has 0 spiro atoms. The molecule has 0 fully saturated rings. The fourth-order valence-electron chi connectivity index (χ4n) is 1.08. The summed E-state index contributed by atoms with van der Waals surface area (Å²) in [4.78, 5) is 4.00. The Bertz CT molecular complexity index is 351. The molecule has 5 heteroatoms. The summed E-state index contributed by atoms with van der Waals surface area (Å²) < 4.78 is 3.62. The van der Waals surface area contributed by atoms with Gasteiger partial charge in [-0.1, -0.05) is 0 Å². The van der Waals surface area contributed by atoms with Gasteiger partial charge in [0.1, 0.15) is 5.82 Å². The fraction of sp³-hybridized carbons (Fsp3) is 0.143. The molecule has 2 aromatic heterocycles. The smallest absolute Gasteiger partial charge is 0.170 e. The maximum atomic E-state index is 4.19. The Morgan fingerprint density at radius 2 is 2.25 bits per heavy atom. The minimum Gasteiger partial charge on any atom is -0.279 e. The Balaban J connectivity index is 2.57. The molecule has 0 unspecified atom stereocenters. The average molecular weight is 180 g/mol. The normalized spacial score (nSPS) is 10.5. The van der Waals surface area contributed by atoms with E-state index in [1.165, 1.54) is 0 Å². The summed E-state index contributed by atoms with van der Waals surface area (Å²) in [6, 6.07) is 1.90. The second-order valence-corrected chi connectivity index (χ2v) is 2.81. The summed E-state index contributed by atoms with van der Waals surface area (Å²) in [6.45, 7) is 0. The number of hydrogen-bond donors (Lipinski definition) is 1. The topological polar surface area (TPSA) is 35.6 Å². The highest BCUT2D eigenvalue weighted by molar-refractivity contribution is 7.80. The van der Waals surface area contributed by atoms with Crippen LogP contribution in [0.5, 0.6) is 0 Å². The number of aryl methyl sites for hydroxylation is 1. The van der Waals surface area contributed by atoms with Gasteiger partial charge >= 0.3 is 0 Å². The standard InChI is InChI=1S/C7H8N4S/c1-10-6(2-3-9-10)11-5-4-8-7(11)12/h2-5H,1H3,(H,8,12). The van der Waals surface area contributed by atoms with Gasteiger partial charge in [-0.15, -0.1) is 12.6 Å². The highest BCUT2D eigenvalue weighted by Gasteiger charge is 2.03. The van der Waals surface area contributed by atoms with Crippen LogP contribution in [-0.2, 0) is 7.05 Å². The molecule has 2 heterocycles. The number of thiol groups is 1. The summed E-state index contributed by atoms with van der Waals surface area (Å²) in [5, 5.41) is 4.71. The first-order valence-corrected chi connectivity index (χ1v) is 3.94. The van der Waals surface area contributed by atoms with E-state index in [4.69, 9.17) is 0 Å². The number of aromatic nitrogens is 4. The first-order chi connectivity index (χ1) is 5.79. The maximum Gasteiger partial charge on any atom is 0.170 e. The van der Waals surface area contributed by atoms with E-state index in [-0.39, 0.29) is 0 Å². The average Bonchev–Trinajstić information content (AvgIpc) is 2.59. The van der Waals surface area contributed by atoms with Gasteiger partial charge in [-0.05, 0) is 0 Å². The van der Waals surface area contributed by atoms with Crippen LogP contribution in [0.3, 0.4) is 0 Å². The van der Waals surface area contributed by atoms with E-state index in [1.54, 1.807) is 17.1 Å². The summed E-state index contributed by atoms with van der Waals surface area (Å²) in [6.07, 6.45) is 5.29. The minimum absolute atomic E-state index is 0.665. The number of rotatable bonds is 1. The SMILES string of the molecule is Cn1nccc1-n1ccnc1S. The predicted octanol–water partition coefficient (Wildman–Crippen LogP) is 0.895. The van der Waals surface area contributed by atoms with Gasteiger partial charge in [-0.3, -0.25) is 9.25 Å². The maximum absolute atomic E-state index is 4.19. The van der Waals surface area contributed by atoms with E-state index >= 15 is 0 Å². The van der Waals surface area contributed by atoms with Gasteiger partial charge < -0.3 is 0 Å². The van der Waals surface area contributed by atoms with E-state index in [1.807, 2.05) is 23.9 Å². The largest absolute Gasteiger partial charge is 0.279 e. The summed E-state index contributed by atoms with van der Waals surface area (Å²) in [7, 11) is 1.88. The number of imidazole rings is 1. The Kier molecular flexibility index (Phi) is 1.65. The van der Waals surface area contributed by atoms with Gasteiger partial charge in [0.15, 0.2) is 5.16 Å². The van der Waals surface area contributed by atoms with Crippen molar-refractivity contribution in [2.24, 2.45) is 7.05 Å². The van der Waals surface area contributed by atoms with Crippen molar-refractivity contribution in [2.75, 3.05) is 0 Å². The third-order valence-corrected chi connectivity index (χ3v) is 1.99. The lowest BCUT2D eigenvalue weighted by Gasteiger charge is -2.02. The van der Waals surface area contributed by atoms with Crippen LogP contribution in [0.4, 0.5) is 0 Å². The van der Waals surface area contributed by atoms with Crippen LogP contribution in [0.15, 0.2) is 29.8 Å². The van der Waals surface area contributed by atoms with Gasteiger partial charge in [0, 0.05) is 25.5 Å². The molecule has 2 rings (SSSR count). The van der Waals surface area contributed by atoms with E-state index in [2.05, 4.69) is 22.7 Å². The summed E-state index contributed by atoms with van der Waals surface area (Å²) in [5.41, 5.74) is 0. The van der Waals surface area contributed by atoms with E-state index in [0.29, 0.717) is 5.16 Å². The highest BCUT2D eigenvalue weighted by atomic mass is 32.1. The Labute approximate surface area is 75.3 Å². The van der Waals surface area contributed by atoms with Gasteiger partial charge in [-0.25, -0.2) is 4.98 Å². The summed E-state index contributed by atoms with van der Waals surface area (Å²) in [5.74, 6) is 0.956. The molecule has 4 nitrogen and oxygen atoms in total. The van der Waals surface area contributed by atoms with Gasteiger partial charge in [0.2, 0.25) is 0 Å². The van der Waals surface area contributed by atoms with Crippen molar-refractivity contribution in [3.05, 3.63) is 24.7 Å². The Morgan fingerprint density at radius 1 is 1.42 bits per heavy atom. The summed E-state index contributed by atoms with van der Waals surface area (Å²) >= 11 is 4.19. The first-order valence-electron chi connectivity index (χ1n) is 3.50. The first kappa shape index (κ1) is 7.42. The van der Waals surface area contributed by atoms with Crippen molar-refractivity contribution in [2.45, 2.75) is 5.16 Å². The van der Waals surface area contributed by atoms with Gasteiger partial charge in [0.05, 0.1) is 6.20 Å².